The largest absolute Gasteiger partial charge is 2.00 e. The zero-order valence-electron chi connectivity index (χ0n) is 13.4. The summed E-state index contributed by atoms with van der Waals surface area (Å²) in [4.78, 5) is 0. The zero-order chi connectivity index (χ0) is 13.3. The van der Waals surface area contributed by atoms with Gasteiger partial charge in [0.25, 0.3) is 0 Å². The van der Waals surface area contributed by atoms with Gasteiger partial charge in [0.05, 0.1) is 6.61 Å². The number of hydrogen-bond acceptors (Lipinski definition) is 1. The number of rotatable bonds is 2. The molecule has 0 heterocycles. The molecule has 0 aliphatic carbocycles. The van der Waals surface area contributed by atoms with Crippen LogP contribution in [0.3, 0.4) is 0 Å². The molecule has 0 N–H and O–H groups in total. The molecule has 1 nitrogen and oxygen atoms in total. The van der Waals surface area contributed by atoms with E-state index in [4.69, 9.17) is 4.74 Å². The first kappa shape index (κ1) is 21.6. The first-order chi connectivity index (χ1) is 7.68. The fourth-order valence-corrected chi connectivity index (χ4v) is 1.90. The Morgan fingerprint density at radius 2 is 1.32 bits per heavy atom. The van der Waals surface area contributed by atoms with Gasteiger partial charge in [0.1, 0.15) is 0 Å². The third-order valence-corrected chi connectivity index (χ3v) is 2.85. The van der Waals surface area contributed by atoms with Crippen LogP contribution in [0.1, 0.15) is 59.6 Å². The molecule has 0 aliphatic heterocycles. The minimum Gasteiger partial charge on any atom is -1.00 e. The average Bonchev–Trinajstić information content (AvgIpc) is 2.15. The fraction of sp³-hybridized carbons (Fsp3) is 0.625. The number of halogens is 1. The molecule has 0 spiro atoms. The van der Waals surface area contributed by atoms with Crippen molar-refractivity contribution in [3.63, 3.8) is 0 Å². The van der Waals surface area contributed by atoms with Gasteiger partial charge in [0, 0.05) is 5.75 Å². The van der Waals surface area contributed by atoms with Gasteiger partial charge in [-0.05, 0) is 6.92 Å². The second kappa shape index (κ2) is 7.89. The molecule has 19 heavy (non-hydrogen) atoms. The molecular formula is C16H25BrMgO. The van der Waals surface area contributed by atoms with E-state index in [1.165, 1.54) is 11.1 Å². The van der Waals surface area contributed by atoms with Gasteiger partial charge in [-0.25, -0.2) is 0 Å². The van der Waals surface area contributed by atoms with Crippen LogP contribution < -0.4 is 21.7 Å². The van der Waals surface area contributed by atoms with Crippen LogP contribution in [0.4, 0.5) is 0 Å². The molecule has 0 saturated carbocycles. The predicted octanol–water partition coefficient (Wildman–Crippen LogP) is 1.10. The summed E-state index contributed by atoms with van der Waals surface area (Å²) in [7, 11) is 0. The van der Waals surface area contributed by atoms with Crippen molar-refractivity contribution < 1.29 is 21.7 Å². The van der Waals surface area contributed by atoms with Crippen LogP contribution in [0.25, 0.3) is 0 Å². The van der Waals surface area contributed by atoms with E-state index in [0.717, 1.165) is 5.75 Å². The van der Waals surface area contributed by atoms with Gasteiger partial charge in [-0.1, -0.05) is 52.4 Å². The Morgan fingerprint density at radius 1 is 0.947 bits per heavy atom. The zero-order valence-corrected chi connectivity index (χ0v) is 16.4. The molecule has 0 saturated heterocycles. The molecule has 0 aromatic heterocycles. The van der Waals surface area contributed by atoms with Crippen molar-refractivity contribution in [1.82, 2.24) is 0 Å². The van der Waals surface area contributed by atoms with Gasteiger partial charge < -0.3 is 21.7 Å². The van der Waals surface area contributed by atoms with Crippen molar-refractivity contribution >= 4 is 23.1 Å². The van der Waals surface area contributed by atoms with E-state index in [-0.39, 0.29) is 50.9 Å². The Labute approximate surface area is 145 Å². The van der Waals surface area contributed by atoms with Gasteiger partial charge in [0.15, 0.2) is 0 Å². The fourth-order valence-electron chi connectivity index (χ4n) is 1.90. The maximum absolute atomic E-state index is 5.90. The summed E-state index contributed by atoms with van der Waals surface area (Å²) in [5.74, 6) is 1.05. The molecule has 0 unspecified atom stereocenters. The van der Waals surface area contributed by atoms with Crippen molar-refractivity contribution in [2.24, 2.45) is 0 Å². The summed E-state index contributed by atoms with van der Waals surface area (Å²) in [6.45, 7) is 16.0. The molecule has 0 aliphatic rings. The van der Waals surface area contributed by atoms with Crippen LogP contribution in [-0.2, 0) is 10.8 Å². The van der Waals surface area contributed by atoms with Gasteiger partial charge >= 0.3 is 23.1 Å². The predicted molar refractivity (Wildman–Crippen MR) is 79.6 cm³/mol. The van der Waals surface area contributed by atoms with E-state index in [9.17, 15) is 0 Å². The van der Waals surface area contributed by atoms with Crippen molar-refractivity contribution in [3.8, 4) is 5.75 Å². The van der Waals surface area contributed by atoms with E-state index in [2.05, 4.69) is 59.7 Å². The van der Waals surface area contributed by atoms with Crippen LogP contribution in [-0.4, -0.2) is 29.7 Å². The van der Waals surface area contributed by atoms with E-state index < -0.39 is 0 Å². The maximum Gasteiger partial charge on any atom is 2.00 e. The summed E-state index contributed by atoms with van der Waals surface area (Å²) in [5, 5.41) is 0. The Morgan fingerprint density at radius 3 is 1.58 bits per heavy atom. The van der Waals surface area contributed by atoms with Gasteiger partial charge in [-0.15, -0.1) is 11.1 Å². The Bertz CT molecular complexity index is 356. The van der Waals surface area contributed by atoms with Crippen LogP contribution in [0, 0.1) is 6.07 Å². The summed E-state index contributed by atoms with van der Waals surface area (Å²) < 4.78 is 5.90. The molecule has 104 valence electrons. The molecule has 1 rings (SSSR count). The van der Waals surface area contributed by atoms with Crippen molar-refractivity contribution in [1.29, 1.82) is 0 Å². The normalized spacial score (nSPS) is 11.3. The molecular weight excluding hydrogens is 312 g/mol. The van der Waals surface area contributed by atoms with E-state index in [0.29, 0.717) is 6.61 Å². The molecule has 3 heteroatoms. The van der Waals surface area contributed by atoms with Crippen molar-refractivity contribution in [3.05, 3.63) is 29.3 Å². The second-order valence-corrected chi connectivity index (χ2v) is 6.54. The number of benzene rings is 1. The molecule has 0 radical (unpaired) electrons. The Balaban J connectivity index is 0. The summed E-state index contributed by atoms with van der Waals surface area (Å²) >= 11 is 0. The van der Waals surface area contributed by atoms with Crippen LogP contribution >= 0.6 is 0 Å². The van der Waals surface area contributed by atoms with Crippen molar-refractivity contribution in [2.45, 2.75) is 59.3 Å². The number of hydrogen-bond donors (Lipinski definition) is 0. The first-order valence-corrected chi connectivity index (χ1v) is 6.35. The summed E-state index contributed by atoms with van der Waals surface area (Å²) in [6, 6.07) is 7.37. The molecule has 1 aromatic carbocycles. The van der Waals surface area contributed by atoms with Crippen molar-refractivity contribution in [2.75, 3.05) is 6.61 Å². The molecule has 0 atom stereocenters. The summed E-state index contributed by atoms with van der Waals surface area (Å²) in [6.07, 6.45) is 0. The third-order valence-electron chi connectivity index (χ3n) is 2.85. The smallest absolute Gasteiger partial charge is 1.00 e. The van der Waals surface area contributed by atoms with Gasteiger partial charge in [0.2, 0.25) is 0 Å². The van der Waals surface area contributed by atoms with E-state index in [1.807, 2.05) is 6.92 Å². The molecule has 0 amide bonds. The van der Waals surface area contributed by atoms with Crippen LogP contribution in [0.5, 0.6) is 5.75 Å². The maximum atomic E-state index is 5.90. The Hall–Kier alpha value is 0.266. The van der Waals surface area contributed by atoms with E-state index >= 15 is 0 Å². The topological polar surface area (TPSA) is 9.23 Å². The summed E-state index contributed by atoms with van der Waals surface area (Å²) in [5.41, 5.74) is 2.66. The first-order valence-electron chi connectivity index (χ1n) is 6.35. The molecule has 0 bridgehead atoms. The van der Waals surface area contributed by atoms with Crippen LogP contribution in [0.2, 0.25) is 0 Å². The van der Waals surface area contributed by atoms with E-state index in [1.54, 1.807) is 0 Å². The quantitative estimate of drug-likeness (QED) is 0.580. The molecule has 0 fully saturated rings. The Kier molecular flexibility index (Phi) is 8.96. The molecule has 1 aromatic rings. The monoisotopic (exact) mass is 336 g/mol. The van der Waals surface area contributed by atoms with Crippen LogP contribution in [0.15, 0.2) is 12.1 Å². The minimum absolute atomic E-state index is 0. The van der Waals surface area contributed by atoms with Gasteiger partial charge in [-0.3, -0.25) is 0 Å². The third kappa shape index (κ3) is 5.64. The average molecular weight is 338 g/mol. The second-order valence-electron chi connectivity index (χ2n) is 6.54. The van der Waals surface area contributed by atoms with Gasteiger partial charge in [-0.2, -0.15) is 18.2 Å². The minimum atomic E-state index is 0. The standard InChI is InChI=1S/C16H25O.BrH.Mg/c1-8-17-14-12(15(2,3)4)10-9-11-13(14)16(5,6)7;;/h10-11H,8H2,1-7H3;1H;/q-1;;+2/p-1. The number of ether oxygens (including phenoxy) is 1. The SMILES string of the molecule is CCOc1c(C(C)(C)C)c[c-]cc1C(C)(C)C.[Br-].[Mg+2].